The molecule has 1 aromatic heterocycles. The van der Waals surface area contributed by atoms with E-state index in [9.17, 15) is 18.4 Å². The first-order chi connectivity index (χ1) is 15.5. The quantitative estimate of drug-likeness (QED) is 0.420. The molecule has 9 nitrogen and oxygen atoms in total. The first kappa shape index (κ1) is 23.1. The van der Waals surface area contributed by atoms with Crippen molar-refractivity contribution in [1.29, 1.82) is 0 Å². The molecule has 3 rings (SSSR count). The van der Waals surface area contributed by atoms with Crippen LogP contribution in [0.25, 0.3) is 11.4 Å². The number of aromatic nitrogens is 2. The average molecular weight is 455 g/mol. The van der Waals surface area contributed by atoms with Gasteiger partial charge in [-0.2, -0.15) is 8.78 Å². The van der Waals surface area contributed by atoms with Crippen LogP contribution in [-0.4, -0.2) is 27.9 Å². The van der Waals surface area contributed by atoms with Gasteiger partial charge in [0, 0.05) is 18.6 Å². The molecular weight excluding hydrogens is 436 g/mol. The summed E-state index contributed by atoms with van der Waals surface area (Å²) >= 11 is 0. The molecule has 0 aliphatic heterocycles. The van der Waals surface area contributed by atoms with Crippen LogP contribution in [0.1, 0.15) is 17.4 Å². The number of nitrogens with one attached hydrogen (secondary N) is 1. The average Bonchev–Trinajstić information content (AvgIpc) is 2.74. The summed E-state index contributed by atoms with van der Waals surface area (Å²) in [4.78, 5) is 31.2. The topological polar surface area (TPSA) is 142 Å². The summed E-state index contributed by atoms with van der Waals surface area (Å²) in [5.74, 6) is -0.477. The number of primary amides is 2. The maximum Gasteiger partial charge on any atom is 0.394 e. The lowest BCUT2D eigenvalue weighted by atomic mass is 10.2. The number of hydrogen-bond acceptors (Lipinski definition) is 7. The van der Waals surface area contributed by atoms with E-state index in [1.165, 1.54) is 30.3 Å². The molecule has 0 fully saturated rings. The summed E-state index contributed by atoms with van der Waals surface area (Å²) < 4.78 is 36.0. The van der Waals surface area contributed by atoms with Crippen molar-refractivity contribution >= 4 is 17.6 Å². The van der Waals surface area contributed by atoms with E-state index in [4.69, 9.17) is 16.2 Å². The largest absolute Gasteiger partial charge is 0.457 e. The van der Waals surface area contributed by atoms with Crippen molar-refractivity contribution in [3.63, 3.8) is 0 Å². The number of benzene rings is 2. The van der Waals surface area contributed by atoms with Gasteiger partial charge in [0.1, 0.15) is 28.8 Å². The Morgan fingerprint density at radius 2 is 1.52 bits per heavy atom. The fraction of sp³-hybridized carbons (Fsp3) is 0.0909. The van der Waals surface area contributed by atoms with E-state index in [0.717, 1.165) is 0 Å². The third-order valence-electron chi connectivity index (χ3n) is 4.02. The third-order valence-corrected chi connectivity index (χ3v) is 4.02. The van der Waals surface area contributed by atoms with Crippen LogP contribution in [0.15, 0.2) is 66.9 Å². The predicted molar refractivity (Wildman–Crippen MR) is 116 cm³/mol. The van der Waals surface area contributed by atoms with Gasteiger partial charge < -0.3 is 26.3 Å². The van der Waals surface area contributed by atoms with Crippen molar-refractivity contribution in [3.8, 4) is 28.6 Å². The number of rotatable bonds is 9. The van der Waals surface area contributed by atoms with Crippen LogP contribution in [0.4, 0.5) is 14.6 Å². The van der Waals surface area contributed by atoms with Crippen LogP contribution in [0, 0.1) is 0 Å². The zero-order chi connectivity index (χ0) is 24.2. The molecule has 2 aromatic carbocycles. The SMILES string of the molecule is C=C(Nc1cc(C(N)=O)nc(-c2ccc(Oc3ccc(OC(C)(F)F)cc3)cc2)n1)C(N)=O. The summed E-state index contributed by atoms with van der Waals surface area (Å²) in [6.07, 6.45) is -3.28. The van der Waals surface area contributed by atoms with Gasteiger partial charge in [-0.25, -0.2) is 9.97 Å². The number of anilines is 1. The molecule has 2 amide bonds. The van der Waals surface area contributed by atoms with Gasteiger partial charge in [0.15, 0.2) is 5.82 Å². The number of carbonyl (C=O) groups is 2. The van der Waals surface area contributed by atoms with E-state index in [1.807, 2.05) is 0 Å². The van der Waals surface area contributed by atoms with Crippen LogP contribution in [-0.2, 0) is 4.79 Å². The monoisotopic (exact) mass is 455 g/mol. The fourth-order valence-corrected chi connectivity index (χ4v) is 2.57. The Bertz CT molecular complexity index is 1190. The van der Waals surface area contributed by atoms with Crippen LogP contribution >= 0.6 is 0 Å². The number of carbonyl (C=O) groups excluding carboxylic acids is 2. The number of nitrogens with zero attached hydrogens (tertiary/aromatic N) is 2. The maximum atomic E-state index is 12.9. The molecule has 0 saturated heterocycles. The first-order valence-corrected chi connectivity index (χ1v) is 9.40. The molecule has 0 aliphatic rings. The van der Waals surface area contributed by atoms with Crippen molar-refractivity contribution in [2.24, 2.45) is 11.5 Å². The highest BCUT2D eigenvalue weighted by molar-refractivity contribution is 5.95. The van der Waals surface area contributed by atoms with E-state index in [1.54, 1.807) is 24.3 Å². The number of hydrogen-bond donors (Lipinski definition) is 3. The Hall–Kier alpha value is -4.54. The second-order valence-electron chi connectivity index (χ2n) is 6.80. The molecule has 0 spiro atoms. The Balaban J connectivity index is 1.79. The Morgan fingerprint density at radius 3 is 2.03 bits per heavy atom. The van der Waals surface area contributed by atoms with Crippen LogP contribution in [0.2, 0.25) is 0 Å². The molecule has 0 radical (unpaired) electrons. The number of amides is 2. The highest BCUT2D eigenvalue weighted by atomic mass is 19.3. The van der Waals surface area contributed by atoms with Gasteiger partial charge >= 0.3 is 6.11 Å². The second-order valence-corrected chi connectivity index (χ2v) is 6.80. The number of nitrogens with two attached hydrogens (primary N) is 2. The first-order valence-electron chi connectivity index (χ1n) is 9.40. The molecule has 11 heteroatoms. The van der Waals surface area contributed by atoms with E-state index < -0.39 is 17.9 Å². The van der Waals surface area contributed by atoms with Crippen molar-refractivity contribution in [2.75, 3.05) is 5.32 Å². The van der Waals surface area contributed by atoms with Crippen molar-refractivity contribution in [3.05, 3.63) is 72.6 Å². The second kappa shape index (κ2) is 9.30. The minimum Gasteiger partial charge on any atom is -0.457 e. The summed E-state index contributed by atoms with van der Waals surface area (Å²) in [6, 6.07) is 13.5. The zero-order valence-electron chi connectivity index (χ0n) is 17.3. The number of halogens is 2. The lowest BCUT2D eigenvalue weighted by Gasteiger charge is -2.13. The number of ether oxygens (including phenoxy) is 2. The molecule has 170 valence electrons. The normalized spacial score (nSPS) is 10.9. The summed E-state index contributed by atoms with van der Waals surface area (Å²) in [7, 11) is 0. The zero-order valence-corrected chi connectivity index (χ0v) is 17.3. The van der Waals surface area contributed by atoms with Crippen molar-refractivity contribution in [2.45, 2.75) is 13.0 Å². The molecule has 1 heterocycles. The van der Waals surface area contributed by atoms with Gasteiger partial charge in [-0.05, 0) is 48.5 Å². The number of alkyl halides is 2. The van der Waals surface area contributed by atoms with Gasteiger partial charge in [0.25, 0.3) is 11.8 Å². The lowest BCUT2D eigenvalue weighted by Crippen LogP contribution is -2.20. The molecule has 3 aromatic rings. The Morgan fingerprint density at radius 1 is 0.970 bits per heavy atom. The molecule has 0 bridgehead atoms. The standard InChI is InChI=1S/C22H19F2N5O4/c1-12(19(25)30)27-18-11-17(20(26)31)28-21(29-18)13-3-5-14(6-4-13)32-15-7-9-16(10-8-15)33-22(2,23)24/h3-11H,1H2,2H3,(H2,25,30)(H2,26,31)(H,27,28,29). The van der Waals surface area contributed by atoms with Gasteiger partial charge in [-0.15, -0.1) is 0 Å². The van der Waals surface area contributed by atoms with Gasteiger partial charge in [-0.3, -0.25) is 9.59 Å². The predicted octanol–water partition coefficient (Wildman–Crippen LogP) is 3.44. The molecule has 0 saturated carbocycles. The molecular formula is C22H19F2N5O4. The molecule has 0 unspecified atom stereocenters. The van der Waals surface area contributed by atoms with Gasteiger partial charge in [0.05, 0.1) is 5.70 Å². The van der Waals surface area contributed by atoms with Gasteiger partial charge in [-0.1, -0.05) is 6.58 Å². The molecule has 0 aliphatic carbocycles. The molecule has 0 atom stereocenters. The van der Waals surface area contributed by atoms with Crippen molar-refractivity contribution < 1.29 is 27.8 Å². The van der Waals surface area contributed by atoms with Crippen molar-refractivity contribution in [1.82, 2.24) is 9.97 Å². The highest BCUT2D eigenvalue weighted by Gasteiger charge is 2.23. The van der Waals surface area contributed by atoms with Crippen LogP contribution < -0.4 is 26.3 Å². The fourth-order valence-electron chi connectivity index (χ4n) is 2.57. The summed E-state index contributed by atoms with van der Waals surface area (Å²) in [6.45, 7) is 4.12. The maximum absolute atomic E-state index is 12.9. The smallest absolute Gasteiger partial charge is 0.394 e. The van der Waals surface area contributed by atoms with Crippen LogP contribution in [0.5, 0.6) is 17.2 Å². The van der Waals surface area contributed by atoms with E-state index in [-0.39, 0.29) is 28.8 Å². The Kier molecular flexibility index (Phi) is 6.52. The molecule has 5 N–H and O–H groups in total. The highest BCUT2D eigenvalue weighted by Crippen LogP contribution is 2.28. The van der Waals surface area contributed by atoms with E-state index >= 15 is 0 Å². The van der Waals surface area contributed by atoms with E-state index in [2.05, 4.69) is 26.6 Å². The molecule has 33 heavy (non-hydrogen) atoms. The minimum absolute atomic E-state index is 0.000102. The summed E-state index contributed by atoms with van der Waals surface area (Å²) in [5, 5.41) is 2.60. The van der Waals surface area contributed by atoms with Gasteiger partial charge in [0.2, 0.25) is 0 Å². The lowest BCUT2D eigenvalue weighted by molar-refractivity contribution is -0.159. The third kappa shape index (κ3) is 6.47. The minimum atomic E-state index is -3.28. The Labute approximate surface area is 187 Å². The van der Waals surface area contributed by atoms with Crippen LogP contribution in [0.3, 0.4) is 0 Å². The summed E-state index contributed by atoms with van der Waals surface area (Å²) in [5.41, 5.74) is 10.8. The van der Waals surface area contributed by atoms with E-state index in [0.29, 0.717) is 24.0 Å².